The molecule has 0 spiro atoms. The lowest BCUT2D eigenvalue weighted by Gasteiger charge is -2.31. The first-order chi connectivity index (χ1) is 15.9. The van der Waals surface area contributed by atoms with Gasteiger partial charge in [0.15, 0.2) is 17.7 Å². The molecular weight excluding hydrogens is 428 g/mol. The fourth-order valence-corrected chi connectivity index (χ4v) is 3.21. The molecule has 1 fully saturated rings. The summed E-state index contributed by atoms with van der Waals surface area (Å²) in [6.45, 7) is 3.27. The Hall–Kier alpha value is -4.34. The Kier molecular flexibility index (Phi) is 5.99. The van der Waals surface area contributed by atoms with Crippen LogP contribution in [0.5, 0.6) is 5.75 Å². The number of ether oxygens (including phenoxy) is 3. The lowest BCUT2D eigenvalue weighted by molar-refractivity contribution is -0.222. The molecule has 3 heterocycles. The standard InChI is InChI=1S/C23H22N4O6/c1-23(2)32-21(28)19(22(29)33-23)20(26-11-14-5-4-8-24-10-14)27-15-6-7-16(17(9-15)30-3)18-12-25-13-31-18/h4-10,12-13,26-27H,11H2,1-3H3. The maximum Gasteiger partial charge on any atom is 0.352 e. The molecule has 1 aliphatic heterocycles. The predicted molar refractivity (Wildman–Crippen MR) is 116 cm³/mol. The van der Waals surface area contributed by atoms with E-state index < -0.39 is 17.7 Å². The largest absolute Gasteiger partial charge is 0.496 e. The smallest absolute Gasteiger partial charge is 0.352 e. The SMILES string of the molecule is COc1cc(NC(NCc2cccnc2)=C2C(=O)OC(C)(C)OC2=O)ccc1-c1cnco1. The van der Waals surface area contributed by atoms with Crippen molar-refractivity contribution in [2.45, 2.75) is 26.2 Å². The second kappa shape index (κ2) is 9.03. The van der Waals surface area contributed by atoms with Gasteiger partial charge in [0.2, 0.25) is 0 Å². The summed E-state index contributed by atoms with van der Waals surface area (Å²) in [5, 5.41) is 6.15. The fraction of sp³-hybridized carbons (Fsp3) is 0.217. The summed E-state index contributed by atoms with van der Waals surface area (Å²) in [5.74, 6) is -1.80. The number of cyclic esters (lactones) is 2. The maximum atomic E-state index is 12.7. The van der Waals surface area contributed by atoms with E-state index in [1.165, 1.54) is 27.4 Å². The Balaban J connectivity index is 1.68. The second-order valence-corrected chi connectivity index (χ2v) is 7.55. The molecule has 10 nitrogen and oxygen atoms in total. The molecule has 0 unspecified atom stereocenters. The number of carbonyl (C=O) groups is 2. The molecule has 3 aromatic rings. The van der Waals surface area contributed by atoms with Crippen molar-refractivity contribution in [2.24, 2.45) is 0 Å². The highest BCUT2D eigenvalue weighted by Crippen LogP contribution is 2.33. The van der Waals surface area contributed by atoms with Crippen molar-refractivity contribution in [3.05, 3.63) is 72.3 Å². The van der Waals surface area contributed by atoms with Gasteiger partial charge in [-0.25, -0.2) is 14.6 Å². The summed E-state index contributed by atoms with van der Waals surface area (Å²) in [4.78, 5) is 33.4. The summed E-state index contributed by atoms with van der Waals surface area (Å²) >= 11 is 0. The highest BCUT2D eigenvalue weighted by Gasteiger charge is 2.41. The van der Waals surface area contributed by atoms with Crippen molar-refractivity contribution in [1.82, 2.24) is 15.3 Å². The second-order valence-electron chi connectivity index (χ2n) is 7.55. The van der Waals surface area contributed by atoms with Crippen molar-refractivity contribution in [3.63, 3.8) is 0 Å². The van der Waals surface area contributed by atoms with Gasteiger partial charge in [-0.2, -0.15) is 0 Å². The Morgan fingerprint density at radius 1 is 1.09 bits per heavy atom. The van der Waals surface area contributed by atoms with Gasteiger partial charge in [0, 0.05) is 44.5 Å². The Labute approximate surface area is 189 Å². The molecule has 170 valence electrons. The molecule has 1 aromatic carbocycles. The number of nitrogens with one attached hydrogen (secondary N) is 2. The first-order valence-corrected chi connectivity index (χ1v) is 10.0. The minimum atomic E-state index is -1.35. The molecule has 2 N–H and O–H groups in total. The van der Waals surface area contributed by atoms with E-state index >= 15 is 0 Å². The van der Waals surface area contributed by atoms with Crippen molar-refractivity contribution in [2.75, 3.05) is 12.4 Å². The van der Waals surface area contributed by atoms with Crippen molar-refractivity contribution in [3.8, 4) is 17.1 Å². The molecule has 0 atom stereocenters. The highest BCUT2D eigenvalue weighted by atomic mass is 16.7. The summed E-state index contributed by atoms with van der Waals surface area (Å²) in [6, 6.07) is 8.86. The number of esters is 2. The predicted octanol–water partition coefficient (Wildman–Crippen LogP) is 2.99. The van der Waals surface area contributed by atoms with Gasteiger partial charge in [0.1, 0.15) is 11.6 Å². The number of hydrogen-bond acceptors (Lipinski definition) is 10. The number of rotatable bonds is 7. The van der Waals surface area contributed by atoms with Gasteiger partial charge in [-0.05, 0) is 23.8 Å². The van der Waals surface area contributed by atoms with E-state index in [0.29, 0.717) is 22.8 Å². The van der Waals surface area contributed by atoms with Crippen LogP contribution >= 0.6 is 0 Å². The molecule has 0 saturated carbocycles. The van der Waals surface area contributed by atoms with E-state index in [4.69, 9.17) is 18.6 Å². The maximum absolute atomic E-state index is 12.7. The van der Waals surface area contributed by atoms with Crippen LogP contribution in [0, 0.1) is 0 Å². The molecule has 0 aliphatic carbocycles. The van der Waals surface area contributed by atoms with E-state index in [2.05, 4.69) is 20.6 Å². The number of benzene rings is 1. The van der Waals surface area contributed by atoms with Crippen LogP contribution in [0.15, 0.2) is 71.1 Å². The molecule has 33 heavy (non-hydrogen) atoms. The first-order valence-electron chi connectivity index (χ1n) is 10.0. The lowest BCUT2D eigenvalue weighted by atomic mass is 10.1. The molecule has 10 heteroatoms. The minimum Gasteiger partial charge on any atom is -0.496 e. The average molecular weight is 450 g/mol. The van der Waals surface area contributed by atoms with Crippen molar-refractivity contribution < 1.29 is 28.2 Å². The van der Waals surface area contributed by atoms with Gasteiger partial charge in [0.05, 0.1) is 18.9 Å². The minimum absolute atomic E-state index is 0.124. The molecule has 4 rings (SSSR count). The lowest BCUT2D eigenvalue weighted by Crippen LogP contribution is -2.44. The number of pyridine rings is 1. The van der Waals surface area contributed by atoms with Crippen LogP contribution < -0.4 is 15.4 Å². The third kappa shape index (κ3) is 4.95. The van der Waals surface area contributed by atoms with Crippen LogP contribution in [0.1, 0.15) is 19.4 Å². The van der Waals surface area contributed by atoms with E-state index in [1.54, 1.807) is 42.9 Å². The quantitative estimate of drug-likeness (QED) is 0.315. The van der Waals surface area contributed by atoms with Crippen LogP contribution in [0.2, 0.25) is 0 Å². The average Bonchev–Trinajstić information content (AvgIpc) is 3.31. The summed E-state index contributed by atoms with van der Waals surface area (Å²) in [7, 11) is 1.52. The van der Waals surface area contributed by atoms with E-state index in [0.717, 1.165) is 5.56 Å². The monoisotopic (exact) mass is 450 g/mol. The number of nitrogens with zero attached hydrogens (tertiary/aromatic N) is 2. The van der Waals surface area contributed by atoms with Gasteiger partial charge < -0.3 is 29.3 Å². The van der Waals surface area contributed by atoms with Crippen molar-refractivity contribution >= 4 is 17.6 Å². The van der Waals surface area contributed by atoms with Gasteiger partial charge in [-0.15, -0.1) is 0 Å². The number of anilines is 1. The normalized spacial score (nSPS) is 14.8. The van der Waals surface area contributed by atoms with Crippen LogP contribution in [0.25, 0.3) is 11.3 Å². The van der Waals surface area contributed by atoms with Crippen LogP contribution in [0.3, 0.4) is 0 Å². The zero-order valence-electron chi connectivity index (χ0n) is 18.2. The molecule has 2 aromatic heterocycles. The topological polar surface area (TPSA) is 125 Å². The fourth-order valence-electron chi connectivity index (χ4n) is 3.21. The van der Waals surface area contributed by atoms with Crippen LogP contribution in [0.4, 0.5) is 5.69 Å². The Bertz CT molecular complexity index is 1170. The van der Waals surface area contributed by atoms with Crippen molar-refractivity contribution in [1.29, 1.82) is 0 Å². The number of oxazole rings is 1. The zero-order chi connectivity index (χ0) is 23.4. The van der Waals surface area contributed by atoms with Gasteiger partial charge in [0.25, 0.3) is 5.79 Å². The number of carbonyl (C=O) groups excluding carboxylic acids is 2. The third-order valence-electron chi connectivity index (χ3n) is 4.70. The molecule has 1 saturated heterocycles. The first kappa shape index (κ1) is 21.9. The molecule has 0 amide bonds. The van der Waals surface area contributed by atoms with E-state index in [9.17, 15) is 9.59 Å². The zero-order valence-corrected chi connectivity index (χ0v) is 18.2. The van der Waals surface area contributed by atoms with E-state index in [1.807, 2.05) is 6.07 Å². The Morgan fingerprint density at radius 2 is 1.88 bits per heavy atom. The summed E-state index contributed by atoms with van der Waals surface area (Å²) in [6.07, 6.45) is 6.23. The van der Waals surface area contributed by atoms with Crippen LogP contribution in [-0.2, 0) is 25.6 Å². The molecule has 0 bridgehead atoms. The Morgan fingerprint density at radius 3 is 2.52 bits per heavy atom. The highest BCUT2D eigenvalue weighted by molar-refractivity contribution is 6.16. The summed E-state index contributed by atoms with van der Waals surface area (Å²) < 4.78 is 21.4. The van der Waals surface area contributed by atoms with Crippen LogP contribution in [-0.4, -0.2) is 34.8 Å². The molecular formula is C23H22N4O6. The number of aromatic nitrogens is 2. The van der Waals surface area contributed by atoms with Gasteiger partial charge in [-0.1, -0.05) is 6.07 Å². The van der Waals surface area contributed by atoms with Gasteiger partial charge in [-0.3, -0.25) is 4.98 Å². The molecule has 1 aliphatic rings. The third-order valence-corrected chi connectivity index (χ3v) is 4.70. The van der Waals surface area contributed by atoms with E-state index in [-0.39, 0.29) is 17.9 Å². The number of methoxy groups -OCH3 is 1. The number of hydrogen-bond donors (Lipinski definition) is 2. The van der Waals surface area contributed by atoms with Gasteiger partial charge >= 0.3 is 11.9 Å². The summed E-state index contributed by atoms with van der Waals surface area (Å²) in [5.41, 5.74) is 1.79. The molecule has 0 radical (unpaired) electrons.